The predicted molar refractivity (Wildman–Crippen MR) is 64.4 cm³/mol. The van der Waals surface area contributed by atoms with Crippen molar-refractivity contribution >= 4 is 5.97 Å². The monoisotopic (exact) mass is 234 g/mol. The quantitative estimate of drug-likeness (QED) is 0.562. The molecule has 1 atom stereocenters. The van der Waals surface area contributed by atoms with Crippen LogP contribution in [0.15, 0.2) is 0 Å². The molecule has 16 heavy (non-hydrogen) atoms. The van der Waals surface area contributed by atoms with E-state index in [9.17, 15) is 4.79 Å². The predicted octanol–water partition coefficient (Wildman–Crippen LogP) is 2.18. The van der Waals surface area contributed by atoms with Crippen LogP contribution < -0.4 is 0 Å². The second kappa shape index (κ2) is 14.4. The van der Waals surface area contributed by atoms with Crippen molar-refractivity contribution in [3.8, 4) is 0 Å². The van der Waals surface area contributed by atoms with Crippen LogP contribution in [-0.4, -0.2) is 34.0 Å². The van der Waals surface area contributed by atoms with Crippen molar-refractivity contribution in [2.24, 2.45) is 0 Å². The van der Waals surface area contributed by atoms with E-state index in [4.69, 9.17) is 15.3 Å². The molecule has 0 fully saturated rings. The van der Waals surface area contributed by atoms with Crippen LogP contribution in [0.25, 0.3) is 0 Å². The molecule has 0 aliphatic rings. The third-order valence-electron chi connectivity index (χ3n) is 2.01. The number of hydrogen-bond acceptors (Lipinski definition) is 3. The number of rotatable bonds is 8. The van der Waals surface area contributed by atoms with Crippen LogP contribution in [0.1, 0.15) is 58.8 Å². The van der Waals surface area contributed by atoms with Crippen molar-refractivity contribution in [1.29, 1.82) is 0 Å². The Labute approximate surface area is 98.3 Å². The Morgan fingerprint density at radius 2 is 1.56 bits per heavy atom. The molecule has 4 nitrogen and oxygen atoms in total. The van der Waals surface area contributed by atoms with E-state index in [1.807, 2.05) is 0 Å². The van der Waals surface area contributed by atoms with Crippen LogP contribution in [0.4, 0.5) is 0 Å². The molecule has 0 heterocycles. The number of carbonyl (C=O) groups is 1. The summed E-state index contributed by atoms with van der Waals surface area (Å²) in [6.45, 7) is 3.57. The van der Waals surface area contributed by atoms with Gasteiger partial charge in [-0.25, -0.2) is 0 Å². The maximum absolute atomic E-state index is 10.1. The average molecular weight is 234 g/mol. The van der Waals surface area contributed by atoms with Gasteiger partial charge in [0.15, 0.2) is 0 Å². The van der Waals surface area contributed by atoms with E-state index >= 15 is 0 Å². The van der Waals surface area contributed by atoms with Crippen molar-refractivity contribution in [2.45, 2.75) is 64.9 Å². The molecule has 0 rings (SSSR count). The van der Waals surface area contributed by atoms with Gasteiger partial charge in [0.05, 0.1) is 12.7 Å². The van der Waals surface area contributed by atoms with Crippen LogP contribution in [0.2, 0.25) is 0 Å². The summed E-state index contributed by atoms with van der Waals surface area (Å²) in [6.07, 6.45) is 6.69. The topological polar surface area (TPSA) is 77.8 Å². The van der Waals surface area contributed by atoms with Gasteiger partial charge in [0.25, 0.3) is 0 Å². The van der Waals surface area contributed by atoms with E-state index in [0.29, 0.717) is 6.42 Å². The fraction of sp³-hybridized carbons (Fsp3) is 0.917. The minimum Gasteiger partial charge on any atom is -0.481 e. The van der Waals surface area contributed by atoms with E-state index in [-0.39, 0.29) is 6.61 Å². The highest BCUT2D eigenvalue weighted by atomic mass is 16.4. The van der Waals surface area contributed by atoms with Crippen molar-refractivity contribution in [1.82, 2.24) is 0 Å². The molecule has 0 aromatic carbocycles. The summed E-state index contributed by atoms with van der Waals surface area (Å²) in [4.78, 5) is 10.1. The summed E-state index contributed by atoms with van der Waals surface area (Å²) >= 11 is 0. The number of hydrogen-bond donors (Lipinski definition) is 3. The fourth-order valence-electron chi connectivity index (χ4n) is 1.06. The number of unbranched alkanes of at least 4 members (excludes halogenated alkanes) is 5. The van der Waals surface area contributed by atoms with Gasteiger partial charge in [-0.3, -0.25) is 4.79 Å². The van der Waals surface area contributed by atoms with Gasteiger partial charge in [-0.2, -0.15) is 0 Å². The zero-order chi connectivity index (χ0) is 12.8. The van der Waals surface area contributed by atoms with Gasteiger partial charge in [-0.1, -0.05) is 39.0 Å². The van der Waals surface area contributed by atoms with E-state index < -0.39 is 12.1 Å². The van der Waals surface area contributed by atoms with E-state index in [1.54, 1.807) is 0 Å². The molecule has 0 bridgehead atoms. The first-order chi connectivity index (χ1) is 7.54. The Kier molecular flexibility index (Phi) is 16.0. The smallest absolute Gasteiger partial charge is 0.303 e. The SMILES string of the molecule is CC(O)CO.CCCCCCCCC(=O)O. The molecular formula is C12H26O4. The minimum atomic E-state index is -0.666. The van der Waals surface area contributed by atoms with Gasteiger partial charge in [0, 0.05) is 6.42 Å². The summed E-state index contributed by atoms with van der Waals surface area (Å²) in [5.41, 5.74) is 0. The lowest BCUT2D eigenvalue weighted by molar-refractivity contribution is -0.137. The molecule has 0 amide bonds. The molecule has 0 aliphatic heterocycles. The molecule has 0 aromatic rings. The van der Waals surface area contributed by atoms with Gasteiger partial charge in [-0.15, -0.1) is 0 Å². The largest absolute Gasteiger partial charge is 0.481 e. The third kappa shape index (κ3) is 23.3. The van der Waals surface area contributed by atoms with Crippen LogP contribution >= 0.6 is 0 Å². The first kappa shape index (κ1) is 17.8. The lowest BCUT2D eigenvalue weighted by atomic mass is 10.1. The Morgan fingerprint density at radius 1 is 1.12 bits per heavy atom. The van der Waals surface area contributed by atoms with Gasteiger partial charge in [-0.05, 0) is 13.3 Å². The third-order valence-corrected chi connectivity index (χ3v) is 2.01. The zero-order valence-corrected chi connectivity index (χ0v) is 10.5. The van der Waals surface area contributed by atoms with Crippen LogP contribution in [0, 0.1) is 0 Å². The second-order valence-corrected chi connectivity index (χ2v) is 3.94. The molecule has 98 valence electrons. The highest BCUT2D eigenvalue weighted by molar-refractivity contribution is 5.66. The number of aliphatic hydroxyl groups is 2. The van der Waals surface area contributed by atoms with E-state index in [1.165, 1.54) is 32.6 Å². The Hall–Kier alpha value is -0.610. The van der Waals surface area contributed by atoms with Gasteiger partial charge in [0.2, 0.25) is 0 Å². The molecule has 1 unspecified atom stereocenters. The Balaban J connectivity index is 0. The molecule has 3 N–H and O–H groups in total. The van der Waals surface area contributed by atoms with Crippen molar-refractivity contribution in [3.05, 3.63) is 0 Å². The van der Waals surface area contributed by atoms with Gasteiger partial charge >= 0.3 is 5.97 Å². The van der Waals surface area contributed by atoms with Crippen molar-refractivity contribution < 1.29 is 20.1 Å². The average Bonchev–Trinajstić information content (AvgIpc) is 2.23. The molecule has 0 radical (unpaired) electrons. The molecular weight excluding hydrogens is 208 g/mol. The molecule has 0 saturated heterocycles. The second-order valence-electron chi connectivity index (χ2n) is 3.94. The van der Waals surface area contributed by atoms with Crippen LogP contribution in [0.5, 0.6) is 0 Å². The fourth-order valence-corrected chi connectivity index (χ4v) is 1.06. The molecule has 0 aromatic heterocycles. The minimum absolute atomic E-state index is 0.139. The highest BCUT2D eigenvalue weighted by Crippen LogP contribution is 2.06. The lowest BCUT2D eigenvalue weighted by Gasteiger charge is -1.97. The maximum Gasteiger partial charge on any atom is 0.303 e. The normalized spacial score (nSPS) is 11.5. The van der Waals surface area contributed by atoms with Crippen molar-refractivity contribution in [3.63, 3.8) is 0 Å². The first-order valence-electron chi connectivity index (χ1n) is 6.05. The Bertz CT molecular complexity index is 146. The molecule has 0 saturated carbocycles. The van der Waals surface area contributed by atoms with Crippen LogP contribution in [0.3, 0.4) is 0 Å². The van der Waals surface area contributed by atoms with Gasteiger partial charge < -0.3 is 15.3 Å². The number of aliphatic hydroxyl groups excluding tert-OH is 2. The first-order valence-corrected chi connectivity index (χ1v) is 6.05. The summed E-state index contributed by atoms with van der Waals surface area (Å²) in [7, 11) is 0. The number of carboxylic acids is 1. The summed E-state index contributed by atoms with van der Waals surface area (Å²) in [5, 5.41) is 24.3. The molecule has 0 spiro atoms. The van der Waals surface area contributed by atoms with Crippen LogP contribution in [-0.2, 0) is 4.79 Å². The summed E-state index contributed by atoms with van der Waals surface area (Å²) in [5.74, 6) is -0.666. The zero-order valence-electron chi connectivity index (χ0n) is 10.5. The highest BCUT2D eigenvalue weighted by Gasteiger charge is 1.95. The van der Waals surface area contributed by atoms with Gasteiger partial charge in [0.1, 0.15) is 0 Å². The van der Waals surface area contributed by atoms with Crippen molar-refractivity contribution in [2.75, 3.05) is 6.61 Å². The maximum atomic E-state index is 10.1. The summed E-state index contributed by atoms with van der Waals surface area (Å²) in [6, 6.07) is 0. The molecule has 4 heteroatoms. The van der Waals surface area contributed by atoms with E-state index in [0.717, 1.165) is 12.8 Å². The Morgan fingerprint density at radius 3 is 1.94 bits per heavy atom. The summed E-state index contributed by atoms with van der Waals surface area (Å²) < 4.78 is 0. The lowest BCUT2D eigenvalue weighted by Crippen LogP contribution is -2.03. The van der Waals surface area contributed by atoms with E-state index in [2.05, 4.69) is 6.92 Å². The number of carboxylic acid groups (broad SMARTS) is 1. The molecule has 0 aliphatic carbocycles. The number of aliphatic carboxylic acids is 1. The standard InChI is InChI=1S/C9H18O2.C3H8O2/c1-2-3-4-5-6-7-8-9(10)11;1-3(5)2-4/h2-8H2,1H3,(H,10,11);3-5H,2H2,1H3.